The quantitative estimate of drug-likeness (QED) is 0.767. The first kappa shape index (κ1) is 14.6. The first-order valence-corrected chi connectivity index (χ1v) is 7.92. The van der Waals surface area contributed by atoms with Gasteiger partial charge in [-0.3, -0.25) is 0 Å². The van der Waals surface area contributed by atoms with Gasteiger partial charge in [-0.05, 0) is 49.6 Å². The van der Waals surface area contributed by atoms with Crippen molar-refractivity contribution in [1.29, 1.82) is 0 Å². The number of para-hydroxylation sites is 2. The number of hydrogen-bond donors (Lipinski definition) is 1. The molecule has 1 aliphatic rings. The van der Waals surface area contributed by atoms with E-state index in [1.807, 2.05) is 56.3 Å². The zero-order valence-electron chi connectivity index (χ0n) is 13.6. The number of fused-ring (bicyclic) bond motifs is 2. The third-order valence-corrected chi connectivity index (χ3v) is 3.76. The molecule has 24 heavy (non-hydrogen) atoms. The third-order valence-electron chi connectivity index (χ3n) is 3.76. The maximum atomic E-state index is 5.87. The van der Waals surface area contributed by atoms with Crippen LogP contribution < -0.4 is 19.5 Å². The van der Waals surface area contributed by atoms with Crippen LogP contribution in [0.15, 0.2) is 48.7 Å². The summed E-state index contributed by atoms with van der Waals surface area (Å²) in [6.07, 6.45) is 1.88. The number of anilines is 2. The van der Waals surface area contributed by atoms with E-state index in [4.69, 9.17) is 14.2 Å². The number of ether oxygens (including phenoxy) is 3. The summed E-state index contributed by atoms with van der Waals surface area (Å²) in [7, 11) is 0. The van der Waals surface area contributed by atoms with Gasteiger partial charge in [0.05, 0.1) is 11.8 Å². The highest BCUT2D eigenvalue weighted by molar-refractivity contribution is 5.96. The molecule has 0 fully saturated rings. The Morgan fingerprint density at radius 3 is 2.71 bits per heavy atom. The molecule has 0 saturated heterocycles. The van der Waals surface area contributed by atoms with Crippen molar-refractivity contribution in [3.63, 3.8) is 0 Å². The van der Waals surface area contributed by atoms with Gasteiger partial charge in [0.1, 0.15) is 11.6 Å². The van der Waals surface area contributed by atoms with Crippen LogP contribution in [0.4, 0.5) is 11.5 Å². The number of benzene rings is 2. The zero-order valence-corrected chi connectivity index (χ0v) is 13.6. The lowest BCUT2D eigenvalue weighted by molar-refractivity contribution is 0.174. The number of aromatic nitrogens is 1. The van der Waals surface area contributed by atoms with Crippen molar-refractivity contribution >= 4 is 22.3 Å². The molecule has 1 aromatic heterocycles. The minimum absolute atomic E-state index is 0.0993. The van der Waals surface area contributed by atoms with Gasteiger partial charge in [0, 0.05) is 11.6 Å². The van der Waals surface area contributed by atoms with Crippen LogP contribution in [0.2, 0.25) is 0 Å². The van der Waals surface area contributed by atoms with Crippen molar-refractivity contribution in [2.45, 2.75) is 20.0 Å². The van der Waals surface area contributed by atoms with E-state index in [9.17, 15) is 0 Å². The van der Waals surface area contributed by atoms with E-state index in [0.29, 0.717) is 0 Å². The van der Waals surface area contributed by atoms with E-state index in [1.165, 1.54) is 0 Å². The minimum atomic E-state index is 0.0993. The maximum Gasteiger partial charge on any atom is 0.231 e. The molecule has 122 valence electrons. The van der Waals surface area contributed by atoms with Crippen molar-refractivity contribution < 1.29 is 14.2 Å². The van der Waals surface area contributed by atoms with Crippen LogP contribution in [0.25, 0.3) is 10.8 Å². The van der Waals surface area contributed by atoms with Crippen LogP contribution in [-0.4, -0.2) is 17.9 Å². The normalized spacial score (nSPS) is 12.6. The Hall–Kier alpha value is -2.95. The Kier molecular flexibility index (Phi) is 3.61. The number of hydrogen-bond acceptors (Lipinski definition) is 5. The molecule has 5 nitrogen and oxygen atoms in total. The summed E-state index contributed by atoms with van der Waals surface area (Å²) < 4.78 is 16.8. The predicted octanol–water partition coefficient (Wildman–Crippen LogP) is 4.49. The molecule has 0 saturated carbocycles. The number of nitrogens with zero attached hydrogens (tertiary/aromatic N) is 1. The molecular weight excluding hydrogens is 304 g/mol. The average molecular weight is 322 g/mol. The molecule has 2 aromatic carbocycles. The Morgan fingerprint density at radius 1 is 1.08 bits per heavy atom. The average Bonchev–Trinajstić information content (AvgIpc) is 3.02. The molecule has 0 bridgehead atoms. The third kappa shape index (κ3) is 2.69. The van der Waals surface area contributed by atoms with Crippen LogP contribution in [0, 0.1) is 0 Å². The van der Waals surface area contributed by atoms with E-state index >= 15 is 0 Å². The van der Waals surface area contributed by atoms with Crippen LogP contribution >= 0.6 is 0 Å². The molecule has 1 N–H and O–H groups in total. The Balaban J connectivity index is 1.75. The van der Waals surface area contributed by atoms with Gasteiger partial charge in [-0.1, -0.05) is 12.1 Å². The molecule has 0 radical (unpaired) electrons. The van der Waals surface area contributed by atoms with Crippen LogP contribution in [0.3, 0.4) is 0 Å². The molecule has 3 aromatic rings. The Morgan fingerprint density at radius 2 is 1.88 bits per heavy atom. The summed E-state index contributed by atoms with van der Waals surface area (Å²) in [4.78, 5) is 4.48. The van der Waals surface area contributed by atoms with Gasteiger partial charge in [-0.25, -0.2) is 4.98 Å². The van der Waals surface area contributed by atoms with Crippen molar-refractivity contribution in [3.05, 3.63) is 48.7 Å². The Bertz CT molecular complexity index is 893. The topological polar surface area (TPSA) is 52.6 Å². The molecule has 4 rings (SSSR count). The van der Waals surface area contributed by atoms with Crippen molar-refractivity contribution in [1.82, 2.24) is 4.98 Å². The molecule has 0 unspecified atom stereocenters. The van der Waals surface area contributed by atoms with Crippen molar-refractivity contribution in [2.24, 2.45) is 0 Å². The fourth-order valence-electron chi connectivity index (χ4n) is 2.72. The Labute approximate surface area is 140 Å². The van der Waals surface area contributed by atoms with Gasteiger partial charge in [0.2, 0.25) is 6.79 Å². The molecule has 0 spiro atoms. The lowest BCUT2D eigenvalue weighted by Crippen LogP contribution is -2.07. The second kappa shape index (κ2) is 5.92. The fourth-order valence-corrected chi connectivity index (χ4v) is 2.72. The lowest BCUT2D eigenvalue weighted by Gasteiger charge is -2.16. The number of pyridine rings is 1. The monoisotopic (exact) mass is 322 g/mol. The van der Waals surface area contributed by atoms with Crippen LogP contribution in [0.5, 0.6) is 17.2 Å². The smallest absolute Gasteiger partial charge is 0.231 e. The SMILES string of the molecule is CC(C)Oc1ccccc1Nc1nccc2cc3c(cc12)OCO3. The van der Waals surface area contributed by atoms with Gasteiger partial charge < -0.3 is 19.5 Å². The molecule has 2 heterocycles. The maximum absolute atomic E-state index is 5.87. The van der Waals surface area contributed by atoms with Gasteiger partial charge in [-0.15, -0.1) is 0 Å². The van der Waals surface area contributed by atoms with Crippen molar-refractivity contribution in [2.75, 3.05) is 12.1 Å². The molecule has 1 aliphatic heterocycles. The molecule has 5 heteroatoms. The summed E-state index contributed by atoms with van der Waals surface area (Å²) >= 11 is 0. The summed E-state index contributed by atoms with van der Waals surface area (Å²) in [5.74, 6) is 3.06. The molecule has 0 atom stereocenters. The zero-order chi connectivity index (χ0) is 16.5. The molecule has 0 amide bonds. The number of rotatable bonds is 4. The van der Waals surface area contributed by atoms with Gasteiger partial charge in [0.25, 0.3) is 0 Å². The second-order valence-electron chi connectivity index (χ2n) is 5.87. The van der Waals surface area contributed by atoms with E-state index < -0.39 is 0 Å². The number of nitrogens with one attached hydrogen (secondary N) is 1. The van der Waals surface area contributed by atoms with Gasteiger partial charge >= 0.3 is 0 Å². The highest BCUT2D eigenvalue weighted by Crippen LogP contribution is 2.39. The second-order valence-corrected chi connectivity index (χ2v) is 5.87. The first-order chi connectivity index (χ1) is 11.7. The highest BCUT2D eigenvalue weighted by atomic mass is 16.7. The highest BCUT2D eigenvalue weighted by Gasteiger charge is 2.16. The van der Waals surface area contributed by atoms with Gasteiger partial charge in [0.15, 0.2) is 11.5 Å². The molecular formula is C19H18N2O3. The van der Waals surface area contributed by atoms with Crippen LogP contribution in [0.1, 0.15) is 13.8 Å². The molecule has 0 aliphatic carbocycles. The van der Waals surface area contributed by atoms with E-state index in [1.54, 1.807) is 6.20 Å². The fraction of sp³-hybridized carbons (Fsp3) is 0.211. The summed E-state index contributed by atoms with van der Waals surface area (Å²) in [6, 6.07) is 13.7. The standard InChI is InChI=1S/C19H18N2O3/c1-12(2)24-16-6-4-3-5-15(16)21-19-14-10-18-17(22-11-23-18)9-13(14)7-8-20-19/h3-10,12H,11H2,1-2H3,(H,20,21). The largest absolute Gasteiger partial charge is 0.489 e. The van der Waals surface area contributed by atoms with Crippen molar-refractivity contribution in [3.8, 4) is 17.2 Å². The first-order valence-electron chi connectivity index (χ1n) is 7.92. The van der Waals surface area contributed by atoms with E-state index in [0.717, 1.165) is 39.5 Å². The summed E-state index contributed by atoms with van der Waals surface area (Å²) in [5, 5.41) is 5.39. The minimum Gasteiger partial charge on any atom is -0.489 e. The summed E-state index contributed by atoms with van der Waals surface area (Å²) in [6.45, 7) is 4.27. The van der Waals surface area contributed by atoms with Gasteiger partial charge in [-0.2, -0.15) is 0 Å². The predicted molar refractivity (Wildman–Crippen MR) is 93.4 cm³/mol. The summed E-state index contributed by atoms with van der Waals surface area (Å²) in [5.41, 5.74) is 0.879. The lowest BCUT2D eigenvalue weighted by atomic mass is 10.1. The van der Waals surface area contributed by atoms with Crippen LogP contribution in [-0.2, 0) is 0 Å². The van der Waals surface area contributed by atoms with E-state index in [2.05, 4.69) is 10.3 Å². The van der Waals surface area contributed by atoms with E-state index in [-0.39, 0.29) is 12.9 Å².